The minimum absolute atomic E-state index is 0.190. The van der Waals surface area contributed by atoms with Gasteiger partial charge in [0.1, 0.15) is 0 Å². The lowest BCUT2D eigenvalue weighted by Crippen LogP contribution is -2.46. The number of thioether (sulfide) groups is 1. The summed E-state index contributed by atoms with van der Waals surface area (Å²) in [6.07, 6.45) is -0.768. The molecule has 5 N–H and O–H groups in total. The predicted molar refractivity (Wildman–Crippen MR) is 168 cm³/mol. The molecule has 6 nitrogen and oxygen atoms in total. The molecule has 8 heteroatoms. The van der Waals surface area contributed by atoms with Crippen molar-refractivity contribution in [3.05, 3.63) is 106 Å². The highest BCUT2D eigenvalue weighted by Crippen LogP contribution is 2.27. The van der Waals surface area contributed by atoms with Gasteiger partial charge in [-0.1, -0.05) is 54.6 Å². The van der Waals surface area contributed by atoms with E-state index in [9.17, 15) is 14.7 Å². The molecule has 0 aliphatic heterocycles. The van der Waals surface area contributed by atoms with Crippen LogP contribution in [0.1, 0.15) is 47.1 Å². The third-order valence-electron chi connectivity index (χ3n) is 6.38. The first-order valence-corrected chi connectivity index (χ1v) is 14.8. The summed E-state index contributed by atoms with van der Waals surface area (Å²) in [6, 6.07) is 26.1. The minimum atomic E-state index is -0.958. The zero-order chi connectivity index (χ0) is 28.9. The monoisotopic (exact) mass is 619 g/mol. The average Bonchev–Trinajstić information content (AvgIpc) is 2.91. The van der Waals surface area contributed by atoms with Crippen molar-refractivity contribution < 1.29 is 14.7 Å². The normalized spacial score (nSPS) is 13.0. The lowest BCUT2D eigenvalue weighted by molar-refractivity contribution is 0.0849. The van der Waals surface area contributed by atoms with Crippen LogP contribution in [0.3, 0.4) is 0 Å². The molecule has 4 aromatic carbocycles. The number of hydrogen-bond donors (Lipinski definition) is 4. The number of aliphatic hydroxyl groups is 1. The number of nitrogens with one attached hydrogen (secondary N) is 2. The number of nitrogen functional groups attached to an aromatic ring is 1. The Bertz CT molecular complexity index is 1520. The van der Waals surface area contributed by atoms with Crippen molar-refractivity contribution >= 4 is 56.0 Å². The van der Waals surface area contributed by atoms with E-state index in [2.05, 4.69) is 50.8 Å². The highest BCUT2D eigenvalue weighted by molar-refractivity contribution is 9.10. The number of anilines is 1. The first kappa shape index (κ1) is 29.6. The topological polar surface area (TPSA) is 104 Å². The first-order valence-electron chi connectivity index (χ1n) is 13.1. The molecule has 0 spiro atoms. The van der Waals surface area contributed by atoms with Crippen molar-refractivity contribution in [1.29, 1.82) is 0 Å². The second-order valence-electron chi connectivity index (χ2n) is 10.7. The summed E-state index contributed by atoms with van der Waals surface area (Å²) in [5.74, 6) is -0.132. The standard InChI is InChI=1S/C32H34BrN3O3S/c1-32(2,3)36-31(39)24-12-7-6-11-22(24)18-28(37)27(35-30(38)25-13-8-14-26(34)29(25)33)19-40-23-16-15-20-9-4-5-10-21(20)17-23/h4-17,27-28,37H,18-19,34H2,1-3H3,(H,35,38)(H,36,39)/t27-,28+/m0/s1. The molecule has 2 atom stereocenters. The zero-order valence-corrected chi connectivity index (χ0v) is 25.2. The zero-order valence-electron chi connectivity index (χ0n) is 22.8. The maximum absolute atomic E-state index is 13.3. The van der Waals surface area contributed by atoms with Crippen LogP contribution in [0.15, 0.2) is 94.3 Å². The summed E-state index contributed by atoms with van der Waals surface area (Å²) in [4.78, 5) is 27.3. The van der Waals surface area contributed by atoms with Gasteiger partial charge in [0.25, 0.3) is 11.8 Å². The van der Waals surface area contributed by atoms with Gasteiger partial charge in [-0.05, 0) is 83.4 Å². The van der Waals surface area contributed by atoms with Gasteiger partial charge in [0.15, 0.2) is 0 Å². The van der Waals surface area contributed by atoms with Gasteiger partial charge in [-0.3, -0.25) is 9.59 Å². The van der Waals surface area contributed by atoms with Crippen LogP contribution in [0.4, 0.5) is 5.69 Å². The minimum Gasteiger partial charge on any atom is -0.398 e. The maximum atomic E-state index is 13.3. The Labute approximate surface area is 247 Å². The van der Waals surface area contributed by atoms with E-state index in [-0.39, 0.29) is 18.2 Å². The third kappa shape index (κ3) is 7.65. The van der Waals surface area contributed by atoms with Gasteiger partial charge in [-0.15, -0.1) is 11.8 Å². The van der Waals surface area contributed by atoms with Crippen LogP contribution in [0.5, 0.6) is 0 Å². The smallest absolute Gasteiger partial charge is 0.252 e. The molecule has 0 bridgehead atoms. The van der Waals surface area contributed by atoms with Crippen LogP contribution in [0, 0.1) is 0 Å². The summed E-state index contributed by atoms with van der Waals surface area (Å²) >= 11 is 4.97. The van der Waals surface area contributed by atoms with Crippen molar-refractivity contribution in [2.75, 3.05) is 11.5 Å². The largest absolute Gasteiger partial charge is 0.398 e. The van der Waals surface area contributed by atoms with Gasteiger partial charge in [-0.2, -0.15) is 0 Å². The lowest BCUT2D eigenvalue weighted by Gasteiger charge is -2.26. The van der Waals surface area contributed by atoms with E-state index >= 15 is 0 Å². The van der Waals surface area contributed by atoms with E-state index in [1.54, 1.807) is 42.1 Å². The van der Waals surface area contributed by atoms with Crippen LogP contribution in [-0.4, -0.2) is 40.4 Å². The van der Waals surface area contributed by atoms with Crippen molar-refractivity contribution in [2.24, 2.45) is 0 Å². The Balaban J connectivity index is 1.58. The van der Waals surface area contributed by atoms with Gasteiger partial charge in [0.2, 0.25) is 0 Å². The molecule has 4 rings (SSSR count). The molecular formula is C32H34BrN3O3S. The molecule has 40 heavy (non-hydrogen) atoms. The molecule has 0 heterocycles. The predicted octanol–water partition coefficient (Wildman–Crippen LogP) is 6.21. The first-order chi connectivity index (χ1) is 19.0. The number of carbonyl (C=O) groups is 2. The summed E-state index contributed by atoms with van der Waals surface area (Å²) in [7, 11) is 0. The number of rotatable bonds is 9. The molecule has 208 valence electrons. The van der Waals surface area contributed by atoms with E-state index in [1.165, 1.54) is 0 Å². The lowest BCUT2D eigenvalue weighted by atomic mass is 9.97. The summed E-state index contributed by atoms with van der Waals surface area (Å²) in [6.45, 7) is 5.77. The van der Waals surface area contributed by atoms with Crippen molar-refractivity contribution in [1.82, 2.24) is 10.6 Å². The van der Waals surface area contributed by atoms with E-state index in [0.29, 0.717) is 32.6 Å². The molecule has 0 fully saturated rings. The fraction of sp³-hybridized carbons (Fsp3) is 0.250. The molecule has 0 radical (unpaired) electrons. The van der Waals surface area contributed by atoms with Crippen LogP contribution >= 0.6 is 27.7 Å². The number of nitrogens with two attached hydrogens (primary N) is 1. The molecule has 0 saturated heterocycles. The molecule has 0 aliphatic rings. The Kier molecular flexibility index (Phi) is 9.56. The Hall–Kier alpha value is -3.33. The Morgan fingerprint density at radius 3 is 2.33 bits per heavy atom. The number of amides is 2. The third-order valence-corrected chi connectivity index (χ3v) is 8.38. The second-order valence-corrected chi connectivity index (χ2v) is 12.6. The SMILES string of the molecule is CC(C)(C)NC(=O)c1ccccc1C[C@@H](O)[C@H](CSc1ccc2ccccc2c1)NC(=O)c1cccc(N)c1Br. The van der Waals surface area contributed by atoms with Gasteiger partial charge in [0, 0.05) is 33.9 Å². The average molecular weight is 621 g/mol. The maximum Gasteiger partial charge on any atom is 0.252 e. The molecule has 0 unspecified atom stereocenters. The van der Waals surface area contributed by atoms with Crippen molar-refractivity contribution in [3.8, 4) is 0 Å². The van der Waals surface area contributed by atoms with Gasteiger partial charge in [-0.25, -0.2) is 0 Å². The van der Waals surface area contributed by atoms with Gasteiger partial charge >= 0.3 is 0 Å². The van der Waals surface area contributed by atoms with Gasteiger partial charge in [0.05, 0.1) is 22.2 Å². The fourth-order valence-electron chi connectivity index (χ4n) is 4.36. The van der Waals surface area contributed by atoms with Crippen LogP contribution in [0.2, 0.25) is 0 Å². The highest BCUT2D eigenvalue weighted by Gasteiger charge is 2.26. The molecule has 0 aliphatic carbocycles. The number of aliphatic hydroxyl groups excluding tert-OH is 1. The Morgan fingerprint density at radius 1 is 0.900 bits per heavy atom. The quantitative estimate of drug-likeness (QED) is 0.132. The van der Waals surface area contributed by atoms with Gasteiger partial charge < -0.3 is 21.5 Å². The highest BCUT2D eigenvalue weighted by atomic mass is 79.9. The van der Waals surface area contributed by atoms with E-state index in [0.717, 1.165) is 15.7 Å². The van der Waals surface area contributed by atoms with E-state index in [1.807, 2.05) is 51.1 Å². The van der Waals surface area contributed by atoms with Crippen LogP contribution in [0.25, 0.3) is 10.8 Å². The van der Waals surface area contributed by atoms with Crippen molar-refractivity contribution in [2.45, 2.75) is 49.8 Å². The molecule has 2 amide bonds. The second kappa shape index (κ2) is 12.9. The van der Waals surface area contributed by atoms with Crippen molar-refractivity contribution in [3.63, 3.8) is 0 Å². The molecule has 4 aromatic rings. The number of carbonyl (C=O) groups excluding carboxylic acids is 2. The van der Waals surface area contributed by atoms with E-state index in [4.69, 9.17) is 5.73 Å². The Morgan fingerprint density at radius 2 is 1.57 bits per heavy atom. The van der Waals surface area contributed by atoms with E-state index < -0.39 is 17.7 Å². The van der Waals surface area contributed by atoms with Crippen LogP contribution < -0.4 is 16.4 Å². The number of halogens is 1. The molecular weight excluding hydrogens is 586 g/mol. The summed E-state index contributed by atoms with van der Waals surface area (Å²) in [5.41, 5.74) is 7.65. The molecule has 0 saturated carbocycles. The number of hydrogen-bond acceptors (Lipinski definition) is 5. The number of fused-ring (bicyclic) bond motifs is 1. The van der Waals surface area contributed by atoms with Crippen LogP contribution in [-0.2, 0) is 6.42 Å². The molecule has 0 aromatic heterocycles. The number of benzene rings is 4. The fourth-order valence-corrected chi connectivity index (χ4v) is 5.86. The summed E-state index contributed by atoms with van der Waals surface area (Å²) < 4.78 is 0.507. The summed E-state index contributed by atoms with van der Waals surface area (Å²) in [5, 5.41) is 19.8.